The number of hydrogen-bond acceptors (Lipinski definition) is 5. The van der Waals surface area contributed by atoms with Crippen LogP contribution in [0.5, 0.6) is 0 Å². The highest BCUT2D eigenvalue weighted by molar-refractivity contribution is 8.76. The van der Waals surface area contributed by atoms with Crippen LogP contribution < -0.4 is 10.6 Å². The van der Waals surface area contributed by atoms with Gasteiger partial charge in [-0.1, -0.05) is 190 Å². The maximum absolute atomic E-state index is 12.2. The molecule has 2 amide bonds. The Balaban J connectivity index is 3.29. The number of nitrogens with one attached hydrogen (secondary N) is 2. The van der Waals surface area contributed by atoms with Crippen LogP contribution in [-0.4, -0.2) is 91.6 Å². The van der Waals surface area contributed by atoms with Crippen LogP contribution >= 0.6 is 21.6 Å². The number of carbonyl (C=O) groups excluding carboxylic acids is 2. The van der Waals surface area contributed by atoms with Crippen LogP contribution in [0.25, 0.3) is 0 Å². The Bertz CT molecular complexity index is 901. The molecule has 0 saturated carbocycles. The molecule has 0 unspecified atom stereocenters. The fraction of sp³-hybridized carbons (Fsp3) is 0.962. The lowest BCUT2D eigenvalue weighted by Gasteiger charge is -2.36. The molecule has 0 atom stereocenters. The number of unbranched alkanes of at least 4 members (excludes halogenated alkanes) is 28. The van der Waals surface area contributed by atoms with Crippen LogP contribution in [0.15, 0.2) is 0 Å². The van der Waals surface area contributed by atoms with Gasteiger partial charge in [0.1, 0.15) is 0 Å². The average molecular weight is 899 g/mol. The smallest absolute Gasteiger partial charge is 0.219 e. The highest BCUT2D eigenvalue weighted by Gasteiger charge is 2.20. The van der Waals surface area contributed by atoms with Gasteiger partial charge in [0.2, 0.25) is 11.8 Å². The van der Waals surface area contributed by atoms with Crippen LogP contribution in [0.4, 0.5) is 0 Å². The summed E-state index contributed by atoms with van der Waals surface area (Å²) < 4.78 is 1.33. The van der Waals surface area contributed by atoms with E-state index in [1.54, 1.807) is 0 Å². The fourth-order valence-electron chi connectivity index (χ4n) is 8.90. The van der Waals surface area contributed by atoms with Crippen molar-refractivity contribution in [2.45, 2.75) is 259 Å². The molecule has 61 heavy (non-hydrogen) atoms. The number of amides is 2. The van der Waals surface area contributed by atoms with Crippen molar-refractivity contribution in [1.29, 1.82) is 0 Å². The van der Waals surface area contributed by atoms with Gasteiger partial charge in [-0.3, -0.25) is 9.59 Å². The van der Waals surface area contributed by atoms with Gasteiger partial charge in [0.15, 0.2) is 0 Å². The summed E-state index contributed by atoms with van der Waals surface area (Å²) in [6.45, 7) is 22.3. The highest BCUT2D eigenvalue weighted by Crippen LogP contribution is 2.24. The minimum atomic E-state index is 0.248. The molecular formula is C53H109N4O2S2+. The van der Waals surface area contributed by atoms with E-state index >= 15 is 0 Å². The van der Waals surface area contributed by atoms with E-state index in [-0.39, 0.29) is 11.8 Å². The number of nitrogens with zero attached hydrogens (tertiary/aromatic N) is 2. The van der Waals surface area contributed by atoms with Crippen LogP contribution in [0.3, 0.4) is 0 Å². The third kappa shape index (κ3) is 43.2. The fourth-order valence-corrected chi connectivity index (χ4v) is 11.2. The molecule has 0 fully saturated rings. The second-order valence-corrected chi connectivity index (χ2v) is 21.3. The first-order valence-corrected chi connectivity index (χ1v) is 29.8. The van der Waals surface area contributed by atoms with Crippen molar-refractivity contribution in [2.75, 3.05) is 70.4 Å². The maximum Gasteiger partial charge on any atom is 0.219 e. The van der Waals surface area contributed by atoms with Crippen molar-refractivity contribution in [3.05, 3.63) is 0 Å². The summed E-state index contributed by atoms with van der Waals surface area (Å²) in [5.41, 5.74) is 0. The number of carbonyl (C=O) groups is 2. The Kier molecular flexibility index (Phi) is 48.7. The molecule has 0 aromatic carbocycles. The molecule has 0 aliphatic rings. The number of hydrogen-bond donors (Lipinski definition) is 2. The monoisotopic (exact) mass is 898 g/mol. The van der Waals surface area contributed by atoms with Gasteiger partial charge in [-0.2, -0.15) is 0 Å². The summed E-state index contributed by atoms with van der Waals surface area (Å²) >= 11 is 0. The molecule has 8 heteroatoms. The predicted octanol–water partition coefficient (Wildman–Crippen LogP) is 15.5. The Morgan fingerprint density at radius 3 is 1.07 bits per heavy atom. The van der Waals surface area contributed by atoms with Crippen molar-refractivity contribution in [1.82, 2.24) is 15.5 Å². The van der Waals surface area contributed by atoms with Gasteiger partial charge < -0.3 is 20.0 Å². The van der Waals surface area contributed by atoms with Crippen molar-refractivity contribution in [3.8, 4) is 0 Å². The molecule has 0 radical (unpaired) electrons. The van der Waals surface area contributed by atoms with Crippen LogP contribution in [0, 0.1) is 0 Å². The third-order valence-corrected chi connectivity index (χ3v) is 16.0. The highest BCUT2D eigenvalue weighted by atomic mass is 33.1. The SMILES string of the molecule is CCC[N+](CC)(CC)CCCCCCCCCCCCCCCC(=O)NCCCCCSSCCCCCNC(=O)CCCCCCCCCCCCCCCN(CC)CC. The molecule has 0 aromatic rings. The van der Waals surface area contributed by atoms with Crippen LogP contribution in [0.2, 0.25) is 0 Å². The maximum atomic E-state index is 12.2. The van der Waals surface area contributed by atoms with E-state index in [2.05, 4.69) is 50.2 Å². The summed E-state index contributed by atoms with van der Waals surface area (Å²) in [6, 6.07) is 0. The van der Waals surface area contributed by atoms with Gasteiger partial charge >= 0.3 is 0 Å². The summed E-state index contributed by atoms with van der Waals surface area (Å²) in [5.74, 6) is 2.89. The first-order valence-electron chi connectivity index (χ1n) is 27.3. The van der Waals surface area contributed by atoms with Gasteiger partial charge in [0.05, 0.1) is 26.2 Å². The molecule has 0 bridgehead atoms. The van der Waals surface area contributed by atoms with Gasteiger partial charge in [-0.05, 0) is 97.7 Å². The zero-order valence-electron chi connectivity index (χ0n) is 42.1. The Hall–Kier alpha value is -0.440. The molecular weight excluding hydrogens is 789 g/mol. The van der Waals surface area contributed by atoms with Crippen molar-refractivity contribution >= 4 is 33.4 Å². The van der Waals surface area contributed by atoms with Gasteiger partial charge in [0.25, 0.3) is 0 Å². The summed E-state index contributed by atoms with van der Waals surface area (Å²) in [6.07, 6.45) is 44.8. The molecule has 6 nitrogen and oxygen atoms in total. The van der Waals surface area contributed by atoms with E-state index in [0.29, 0.717) is 12.8 Å². The summed E-state index contributed by atoms with van der Waals surface area (Å²) in [4.78, 5) is 26.9. The van der Waals surface area contributed by atoms with Crippen LogP contribution in [-0.2, 0) is 9.59 Å². The zero-order valence-corrected chi connectivity index (χ0v) is 43.7. The lowest BCUT2D eigenvalue weighted by Crippen LogP contribution is -2.48. The summed E-state index contributed by atoms with van der Waals surface area (Å²) in [5, 5.41) is 6.28. The minimum absolute atomic E-state index is 0.248. The number of rotatable bonds is 51. The normalized spacial score (nSPS) is 11.8. The first-order chi connectivity index (χ1) is 30.0. The standard InChI is InChI=1S/C53H108N4O2S2/c1-6-48-57(9-4,10-5)49-40-32-28-24-20-16-12-14-18-22-26-30-36-44-53(59)55-46-38-34-42-51-61-60-50-41-33-37-45-54-52(58)43-35-29-25-21-17-13-11-15-19-23-27-31-39-47-56(7-2)8-3/h6-51H2,1-5H3,(H-,54,55,58,59)/p+1. The lowest BCUT2D eigenvalue weighted by atomic mass is 10.0. The number of quaternary nitrogens is 1. The topological polar surface area (TPSA) is 61.4 Å². The van der Waals surface area contributed by atoms with E-state index in [1.807, 2.05) is 21.6 Å². The molecule has 0 heterocycles. The van der Waals surface area contributed by atoms with E-state index < -0.39 is 0 Å². The molecule has 0 rings (SSSR count). The second-order valence-electron chi connectivity index (χ2n) is 18.6. The van der Waals surface area contributed by atoms with E-state index in [0.717, 1.165) is 38.8 Å². The van der Waals surface area contributed by atoms with Gasteiger partial charge in [0, 0.05) is 37.4 Å². The quantitative estimate of drug-likeness (QED) is 0.0362. The molecule has 0 aliphatic heterocycles. The largest absolute Gasteiger partial charge is 0.356 e. The van der Waals surface area contributed by atoms with E-state index in [4.69, 9.17) is 0 Å². The first kappa shape index (κ1) is 60.6. The molecule has 2 N–H and O–H groups in total. The molecule has 364 valence electrons. The molecule has 0 spiro atoms. The Labute approximate surface area is 391 Å². The van der Waals surface area contributed by atoms with Crippen molar-refractivity contribution in [3.63, 3.8) is 0 Å². The second kappa shape index (κ2) is 49.0. The van der Waals surface area contributed by atoms with Crippen LogP contribution in [0.1, 0.15) is 259 Å². The minimum Gasteiger partial charge on any atom is -0.356 e. The summed E-state index contributed by atoms with van der Waals surface area (Å²) in [7, 11) is 4.00. The van der Waals surface area contributed by atoms with E-state index in [9.17, 15) is 9.59 Å². The molecule has 0 saturated heterocycles. The predicted molar refractivity (Wildman–Crippen MR) is 277 cm³/mol. The zero-order chi connectivity index (χ0) is 44.6. The van der Waals surface area contributed by atoms with E-state index in [1.165, 1.54) is 248 Å². The van der Waals surface area contributed by atoms with Crippen molar-refractivity contribution < 1.29 is 14.1 Å². The van der Waals surface area contributed by atoms with Crippen molar-refractivity contribution in [2.24, 2.45) is 0 Å². The average Bonchev–Trinajstić information content (AvgIpc) is 3.27. The lowest BCUT2D eigenvalue weighted by molar-refractivity contribution is -0.925. The molecule has 0 aliphatic carbocycles. The van der Waals surface area contributed by atoms with Gasteiger partial charge in [-0.15, -0.1) is 0 Å². The Morgan fingerprint density at radius 2 is 0.721 bits per heavy atom. The van der Waals surface area contributed by atoms with Gasteiger partial charge in [-0.25, -0.2) is 0 Å². The molecule has 0 aromatic heterocycles. The Morgan fingerprint density at radius 1 is 0.393 bits per heavy atom. The third-order valence-electron chi connectivity index (χ3n) is 13.4.